The summed E-state index contributed by atoms with van der Waals surface area (Å²) in [7, 11) is -1.93. The molecule has 0 aliphatic rings. The minimum atomic E-state index is -3.38. The Morgan fingerprint density at radius 1 is 1.19 bits per heavy atom. The third-order valence-electron chi connectivity index (χ3n) is 3.93. The third-order valence-corrected chi connectivity index (χ3v) is 5.14. The molecule has 0 radical (unpaired) electrons. The highest BCUT2D eigenvalue weighted by Crippen LogP contribution is 2.18. The van der Waals surface area contributed by atoms with Crippen LogP contribution in [0.1, 0.15) is 22.8 Å². The predicted molar refractivity (Wildman–Crippen MR) is 103 cm³/mol. The zero-order chi connectivity index (χ0) is 19.3. The molecule has 0 aromatic heterocycles. The van der Waals surface area contributed by atoms with Gasteiger partial charge in [0.2, 0.25) is 10.0 Å². The Morgan fingerprint density at radius 3 is 2.54 bits per heavy atom. The van der Waals surface area contributed by atoms with Gasteiger partial charge in [-0.25, -0.2) is 8.42 Å². The largest absolute Gasteiger partial charge is 0.491 e. The Kier molecular flexibility index (Phi) is 6.26. The first-order valence-corrected chi connectivity index (χ1v) is 10.1. The van der Waals surface area contributed by atoms with Crippen LogP contribution in [0, 0.1) is 6.92 Å². The van der Waals surface area contributed by atoms with Crippen molar-refractivity contribution in [2.24, 2.45) is 0 Å². The summed E-state index contributed by atoms with van der Waals surface area (Å²) < 4.78 is 30.2. The fraction of sp³-hybridized carbons (Fsp3) is 0.316. The first kappa shape index (κ1) is 19.8. The highest BCUT2D eigenvalue weighted by atomic mass is 32.2. The maximum atomic E-state index is 12.4. The summed E-state index contributed by atoms with van der Waals surface area (Å²) in [5.74, 6) is 0.500. The monoisotopic (exact) mass is 376 g/mol. The summed E-state index contributed by atoms with van der Waals surface area (Å²) >= 11 is 0. The summed E-state index contributed by atoms with van der Waals surface area (Å²) in [6.07, 6.45) is 1.12. The average molecular weight is 376 g/mol. The van der Waals surface area contributed by atoms with E-state index >= 15 is 0 Å². The van der Waals surface area contributed by atoms with Crippen LogP contribution in [0.3, 0.4) is 0 Å². The summed E-state index contributed by atoms with van der Waals surface area (Å²) in [5, 5.41) is 2.86. The van der Waals surface area contributed by atoms with Crippen molar-refractivity contribution in [1.29, 1.82) is 0 Å². The number of anilines is 1. The van der Waals surface area contributed by atoms with Crippen LogP contribution in [-0.2, 0) is 10.0 Å². The molecule has 2 aromatic rings. The summed E-state index contributed by atoms with van der Waals surface area (Å²) in [5.41, 5.74) is 1.85. The van der Waals surface area contributed by atoms with Crippen molar-refractivity contribution in [1.82, 2.24) is 5.32 Å². The maximum Gasteiger partial charge on any atom is 0.251 e. The van der Waals surface area contributed by atoms with Crippen LogP contribution in [0.25, 0.3) is 0 Å². The summed E-state index contributed by atoms with van der Waals surface area (Å²) in [6, 6.07) is 14.0. The number of aryl methyl sites for hydroxylation is 1. The van der Waals surface area contributed by atoms with Crippen LogP contribution in [0.2, 0.25) is 0 Å². The molecule has 0 fully saturated rings. The molecule has 1 N–H and O–H groups in total. The molecule has 26 heavy (non-hydrogen) atoms. The zero-order valence-corrected chi connectivity index (χ0v) is 16.2. The number of hydrogen-bond donors (Lipinski definition) is 1. The van der Waals surface area contributed by atoms with Crippen LogP contribution in [0.5, 0.6) is 5.75 Å². The zero-order valence-electron chi connectivity index (χ0n) is 15.4. The van der Waals surface area contributed by atoms with E-state index in [0.29, 0.717) is 17.9 Å². The lowest BCUT2D eigenvalue weighted by atomic mass is 10.1. The second kappa shape index (κ2) is 8.23. The lowest BCUT2D eigenvalue weighted by Crippen LogP contribution is -2.37. The van der Waals surface area contributed by atoms with E-state index in [1.807, 2.05) is 38.1 Å². The topological polar surface area (TPSA) is 75.7 Å². The normalized spacial score (nSPS) is 12.3. The number of benzene rings is 2. The first-order chi connectivity index (χ1) is 12.2. The Balaban J connectivity index is 2.00. The van der Waals surface area contributed by atoms with Gasteiger partial charge in [0.05, 0.1) is 18.0 Å². The molecule has 2 rings (SSSR count). The van der Waals surface area contributed by atoms with Gasteiger partial charge >= 0.3 is 0 Å². The third kappa shape index (κ3) is 5.23. The lowest BCUT2D eigenvalue weighted by Gasteiger charge is -2.18. The van der Waals surface area contributed by atoms with Gasteiger partial charge in [-0.15, -0.1) is 0 Å². The number of nitrogens with one attached hydrogen (secondary N) is 1. The Labute approximate surface area is 154 Å². The van der Waals surface area contributed by atoms with E-state index in [2.05, 4.69) is 5.32 Å². The molecule has 0 unspecified atom stereocenters. The first-order valence-electron chi connectivity index (χ1n) is 8.21. The van der Waals surface area contributed by atoms with Crippen LogP contribution >= 0.6 is 0 Å². The Morgan fingerprint density at radius 2 is 1.88 bits per heavy atom. The van der Waals surface area contributed by atoms with Crippen LogP contribution in [-0.4, -0.2) is 40.3 Å². The van der Waals surface area contributed by atoms with Crippen molar-refractivity contribution in [2.45, 2.75) is 19.9 Å². The van der Waals surface area contributed by atoms with Crippen molar-refractivity contribution in [3.8, 4) is 5.75 Å². The number of nitrogens with zero attached hydrogens (tertiary/aromatic N) is 1. The van der Waals surface area contributed by atoms with Gasteiger partial charge in [0.1, 0.15) is 12.4 Å². The van der Waals surface area contributed by atoms with E-state index in [1.54, 1.807) is 24.3 Å². The highest BCUT2D eigenvalue weighted by molar-refractivity contribution is 7.92. The molecule has 0 heterocycles. The van der Waals surface area contributed by atoms with Gasteiger partial charge in [-0.2, -0.15) is 0 Å². The minimum absolute atomic E-state index is 0.210. The van der Waals surface area contributed by atoms with E-state index < -0.39 is 10.0 Å². The molecule has 0 aliphatic heterocycles. The summed E-state index contributed by atoms with van der Waals surface area (Å²) in [6.45, 7) is 4.14. The summed E-state index contributed by atoms with van der Waals surface area (Å²) in [4.78, 5) is 12.4. The van der Waals surface area contributed by atoms with Crippen molar-refractivity contribution in [3.63, 3.8) is 0 Å². The predicted octanol–water partition coefficient (Wildman–Crippen LogP) is 2.59. The molecule has 2 aromatic carbocycles. The van der Waals surface area contributed by atoms with Gasteiger partial charge < -0.3 is 10.1 Å². The van der Waals surface area contributed by atoms with E-state index in [9.17, 15) is 13.2 Å². The molecule has 7 heteroatoms. The number of rotatable bonds is 7. The minimum Gasteiger partial charge on any atom is -0.491 e. The van der Waals surface area contributed by atoms with Crippen molar-refractivity contribution >= 4 is 21.6 Å². The molecule has 1 atom stereocenters. The molecule has 0 bridgehead atoms. The molecule has 6 nitrogen and oxygen atoms in total. The van der Waals surface area contributed by atoms with Gasteiger partial charge in [-0.1, -0.05) is 24.3 Å². The van der Waals surface area contributed by atoms with Crippen molar-refractivity contribution in [3.05, 3.63) is 59.7 Å². The van der Waals surface area contributed by atoms with E-state index in [4.69, 9.17) is 4.74 Å². The average Bonchev–Trinajstić information content (AvgIpc) is 2.59. The maximum absolute atomic E-state index is 12.4. The van der Waals surface area contributed by atoms with Crippen molar-refractivity contribution in [2.75, 3.05) is 24.2 Å². The van der Waals surface area contributed by atoms with Crippen LogP contribution in [0.4, 0.5) is 5.69 Å². The number of carbonyl (C=O) groups is 1. The van der Waals surface area contributed by atoms with Gasteiger partial charge in [-0.05, 0) is 43.7 Å². The van der Waals surface area contributed by atoms with Gasteiger partial charge in [0.15, 0.2) is 0 Å². The highest BCUT2D eigenvalue weighted by Gasteiger charge is 2.15. The molecule has 140 valence electrons. The molecule has 0 saturated heterocycles. The number of ether oxygens (including phenoxy) is 1. The SMILES string of the molecule is Cc1ccccc1OC[C@@H](C)NC(=O)c1cccc(N(C)S(C)(=O)=O)c1. The van der Waals surface area contributed by atoms with Crippen LogP contribution in [0.15, 0.2) is 48.5 Å². The van der Waals surface area contributed by atoms with Crippen LogP contribution < -0.4 is 14.4 Å². The van der Waals surface area contributed by atoms with Crippen molar-refractivity contribution < 1.29 is 17.9 Å². The number of carbonyl (C=O) groups excluding carboxylic acids is 1. The smallest absolute Gasteiger partial charge is 0.251 e. The van der Waals surface area contributed by atoms with Gasteiger partial charge in [0.25, 0.3) is 5.91 Å². The van der Waals surface area contributed by atoms with E-state index in [0.717, 1.165) is 21.9 Å². The Hall–Kier alpha value is -2.54. The molecule has 1 amide bonds. The second-order valence-electron chi connectivity index (χ2n) is 6.23. The van der Waals surface area contributed by atoms with E-state index in [1.165, 1.54) is 7.05 Å². The Bertz CT molecular complexity index is 881. The van der Waals surface area contributed by atoms with Gasteiger partial charge in [-0.3, -0.25) is 9.10 Å². The van der Waals surface area contributed by atoms with E-state index in [-0.39, 0.29) is 11.9 Å². The fourth-order valence-corrected chi connectivity index (χ4v) is 2.81. The quantitative estimate of drug-likeness (QED) is 0.806. The number of para-hydroxylation sites is 1. The molecular weight excluding hydrogens is 352 g/mol. The standard InChI is InChI=1S/C19H24N2O4S/c1-14-8-5-6-11-18(14)25-13-15(2)20-19(22)16-9-7-10-17(12-16)21(3)26(4,23)24/h5-12,15H,13H2,1-4H3,(H,20,22)/t15-/m1/s1. The second-order valence-corrected chi connectivity index (χ2v) is 8.25. The fourth-order valence-electron chi connectivity index (χ4n) is 2.32. The molecule has 0 saturated carbocycles. The lowest BCUT2D eigenvalue weighted by molar-refractivity contribution is 0.0926. The number of sulfonamides is 1. The van der Waals surface area contributed by atoms with Gasteiger partial charge in [0, 0.05) is 12.6 Å². The molecular formula is C19H24N2O4S. The number of hydrogen-bond acceptors (Lipinski definition) is 4. The number of amides is 1. The molecule has 0 spiro atoms. The molecule has 0 aliphatic carbocycles.